The van der Waals surface area contributed by atoms with Crippen LogP contribution in [0.5, 0.6) is 0 Å². The molecule has 2 heteroatoms. The quantitative estimate of drug-likeness (QED) is 0.561. The maximum Gasteiger partial charge on any atom is 0.125 e. The zero-order chi connectivity index (χ0) is 9.80. The average molecular weight is 188 g/mol. The van der Waals surface area contributed by atoms with Gasteiger partial charge in [-0.2, -0.15) is 0 Å². The molecule has 0 spiro atoms. The van der Waals surface area contributed by atoms with Gasteiger partial charge in [0.1, 0.15) is 5.84 Å². The van der Waals surface area contributed by atoms with Gasteiger partial charge in [-0.05, 0) is 12.8 Å². The van der Waals surface area contributed by atoms with E-state index in [4.69, 9.17) is 5.73 Å². The molecule has 0 aromatic heterocycles. The number of benzene rings is 1. The molecule has 1 aliphatic carbocycles. The third-order valence-corrected chi connectivity index (χ3v) is 2.72. The Bertz CT molecular complexity index is 310. The van der Waals surface area contributed by atoms with Crippen LogP contribution in [0.4, 0.5) is 0 Å². The van der Waals surface area contributed by atoms with Crippen LogP contribution in [0.3, 0.4) is 0 Å². The molecule has 74 valence electrons. The van der Waals surface area contributed by atoms with Gasteiger partial charge < -0.3 is 5.73 Å². The molecule has 0 saturated heterocycles. The number of amidine groups is 1. The molecule has 1 aromatic rings. The Hall–Kier alpha value is -1.31. The molecule has 14 heavy (non-hydrogen) atoms. The van der Waals surface area contributed by atoms with Gasteiger partial charge in [0.15, 0.2) is 0 Å². The molecule has 0 atom stereocenters. The van der Waals surface area contributed by atoms with Crippen molar-refractivity contribution in [1.82, 2.24) is 0 Å². The lowest BCUT2D eigenvalue weighted by molar-refractivity contribution is 0.706. The zero-order valence-electron chi connectivity index (χ0n) is 8.32. The predicted molar refractivity (Wildman–Crippen MR) is 59.4 cm³/mol. The second-order valence-electron chi connectivity index (χ2n) is 3.82. The highest BCUT2D eigenvalue weighted by Crippen LogP contribution is 2.21. The van der Waals surface area contributed by atoms with E-state index >= 15 is 0 Å². The molecule has 0 radical (unpaired) electrons. The fourth-order valence-electron chi connectivity index (χ4n) is 1.91. The topological polar surface area (TPSA) is 38.4 Å². The Morgan fingerprint density at radius 1 is 1.14 bits per heavy atom. The highest BCUT2D eigenvalue weighted by atomic mass is 14.9. The van der Waals surface area contributed by atoms with Crippen molar-refractivity contribution >= 4 is 5.84 Å². The second-order valence-corrected chi connectivity index (χ2v) is 3.82. The Morgan fingerprint density at radius 2 is 1.79 bits per heavy atom. The third kappa shape index (κ3) is 2.13. The van der Waals surface area contributed by atoms with Crippen LogP contribution in [0.25, 0.3) is 0 Å². The van der Waals surface area contributed by atoms with E-state index in [0.717, 1.165) is 5.56 Å². The van der Waals surface area contributed by atoms with Gasteiger partial charge in [-0.15, -0.1) is 0 Å². The monoisotopic (exact) mass is 188 g/mol. The molecule has 0 amide bonds. The minimum Gasteiger partial charge on any atom is -0.383 e. The molecule has 2 N–H and O–H groups in total. The third-order valence-electron chi connectivity index (χ3n) is 2.72. The molecule has 0 unspecified atom stereocenters. The van der Waals surface area contributed by atoms with Gasteiger partial charge in [0, 0.05) is 5.56 Å². The molecule has 1 aliphatic rings. The summed E-state index contributed by atoms with van der Waals surface area (Å²) in [6, 6.07) is 10.5. The maximum absolute atomic E-state index is 5.92. The molecule has 0 heterocycles. The fraction of sp³-hybridized carbons (Fsp3) is 0.417. The molecule has 1 saturated carbocycles. The summed E-state index contributed by atoms with van der Waals surface area (Å²) in [7, 11) is 0. The molecule has 0 aliphatic heterocycles. The van der Waals surface area contributed by atoms with Crippen molar-refractivity contribution in [3.05, 3.63) is 35.9 Å². The van der Waals surface area contributed by atoms with Crippen LogP contribution in [-0.2, 0) is 0 Å². The van der Waals surface area contributed by atoms with Gasteiger partial charge in [0.25, 0.3) is 0 Å². The second kappa shape index (κ2) is 4.27. The Morgan fingerprint density at radius 3 is 2.43 bits per heavy atom. The van der Waals surface area contributed by atoms with Crippen molar-refractivity contribution in [2.45, 2.75) is 31.7 Å². The van der Waals surface area contributed by atoms with E-state index in [2.05, 4.69) is 4.99 Å². The van der Waals surface area contributed by atoms with Crippen LogP contribution in [0, 0.1) is 0 Å². The molecule has 1 aromatic carbocycles. The molecular formula is C12H16N2. The lowest BCUT2D eigenvalue weighted by Crippen LogP contribution is -2.16. The summed E-state index contributed by atoms with van der Waals surface area (Å²) in [4.78, 5) is 4.54. The van der Waals surface area contributed by atoms with Gasteiger partial charge in [-0.3, -0.25) is 4.99 Å². The highest BCUT2D eigenvalue weighted by Gasteiger charge is 2.13. The number of rotatable bonds is 2. The highest BCUT2D eigenvalue weighted by molar-refractivity contribution is 5.97. The van der Waals surface area contributed by atoms with Crippen LogP contribution in [0.1, 0.15) is 31.2 Å². The average Bonchev–Trinajstić information content (AvgIpc) is 2.72. The molecule has 2 nitrogen and oxygen atoms in total. The normalized spacial score (nSPS) is 18.7. The van der Waals surface area contributed by atoms with Crippen LogP contribution in [0.2, 0.25) is 0 Å². The van der Waals surface area contributed by atoms with E-state index in [1.54, 1.807) is 0 Å². The van der Waals surface area contributed by atoms with Crippen molar-refractivity contribution in [2.24, 2.45) is 10.7 Å². The van der Waals surface area contributed by atoms with E-state index in [0.29, 0.717) is 11.9 Å². The van der Waals surface area contributed by atoms with E-state index in [-0.39, 0.29) is 0 Å². The first-order chi connectivity index (χ1) is 6.86. The van der Waals surface area contributed by atoms with Gasteiger partial charge in [-0.1, -0.05) is 43.2 Å². The Balaban J connectivity index is 2.10. The number of hydrogen-bond acceptors (Lipinski definition) is 1. The lowest BCUT2D eigenvalue weighted by atomic mass is 10.2. The number of nitrogens with zero attached hydrogens (tertiary/aromatic N) is 1. The summed E-state index contributed by atoms with van der Waals surface area (Å²) in [6.07, 6.45) is 5.01. The first-order valence-electron chi connectivity index (χ1n) is 5.25. The van der Waals surface area contributed by atoms with Crippen LogP contribution in [-0.4, -0.2) is 11.9 Å². The van der Waals surface area contributed by atoms with Crippen molar-refractivity contribution in [3.8, 4) is 0 Å². The minimum atomic E-state index is 0.468. The molecule has 1 fully saturated rings. The minimum absolute atomic E-state index is 0.468. The van der Waals surface area contributed by atoms with Gasteiger partial charge in [0.2, 0.25) is 0 Å². The first kappa shape index (κ1) is 9.25. The molecule has 0 bridgehead atoms. The maximum atomic E-state index is 5.92. The van der Waals surface area contributed by atoms with Crippen LogP contribution >= 0.6 is 0 Å². The van der Waals surface area contributed by atoms with E-state index < -0.39 is 0 Å². The Kier molecular flexibility index (Phi) is 2.82. The van der Waals surface area contributed by atoms with Gasteiger partial charge >= 0.3 is 0 Å². The smallest absolute Gasteiger partial charge is 0.125 e. The standard InChI is InChI=1S/C12H16N2/c13-12(10-6-2-1-3-7-10)14-11-8-4-5-9-11/h1-3,6-7,11H,4-5,8-9H2,(H2,13,14). The number of aliphatic imine (C=N–C) groups is 1. The summed E-state index contributed by atoms with van der Waals surface area (Å²) < 4.78 is 0. The summed E-state index contributed by atoms with van der Waals surface area (Å²) in [5, 5.41) is 0. The zero-order valence-corrected chi connectivity index (χ0v) is 8.32. The van der Waals surface area contributed by atoms with Crippen molar-refractivity contribution in [2.75, 3.05) is 0 Å². The largest absolute Gasteiger partial charge is 0.383 e. The van der Waals surface area contributed by atoms with Crippen molar-refractivity contribution in [3.63, 3.8) is 0 Å². The number of nitrogens with two attached hydrogens (primary N) is 1. The van der Waals surface area contributed by atoms with Gasteiger partial charge in [0.05, 0.1) is 6.04 Å². The first-order valence-corrected chi connectivity index (χ1v) is 5.25. The van der Waals surface area contributed by atoms with Crippen molar-refractivity contribution in [1.29, 1.82) is 0 Å². The van der Waals surface area contributed by atoms with Gasteiger partial charge in [-0.25, -0.2) is 0 Å². The Labute approximate surface area is 84.9 Å². The summed E-state index contributed by atoms with van der Waals surface area (Å²) in [6.45, 7) is 0. The number of hydrogen-bond donors (Lipinski definition) is 1. The fourth-order valence-corrected chi connectivity index (χ4v) is 1.91. The summed E-state index contributed by atoms with van der Waals surface area (Å²) in [5.74, 6) is 0.692. The summed E-state index contributed by atoms with van der Waals surface area (Å²) in [5.41, 5.74) is 6.97. The van der Waals surface area contributed by atoms with E-state index in [1.807, 2.05) is 30.3 Å². The molecule has 2 rings (SSSR count). The SMILES string of the molecule is NC(=NC1CCCC1)c1ccccc1. The van der Waals surface area contributed by atoms with E-state index in [9.17, 15) is 0 Å². The molecular weight excluding hydrogens is 172 g/mol. The van der Waals surface area contributed by atoms with Crippen LogP contribution in [0.15, 0.2) is 35.3 Å². The van der Waals surface area contributed by atoms with Crippen LogP contribution < -0.4 is 5.73 Å². The van der Waals surface area contributed by atoms with Crippen molar-refractivity contribution < 1.29 is 0 Å². The lowest BCUT2D eigenvalue weighted by Gasteiger charge is -2.05. The van der Waals surface area contributed by atoms with E-state index in [1.165, 1.54) is 25.7 Å². The summed E-state index contributed by atoms with van der Waals surface area (Å²) >= 11 is 0. The predicted octanol–water partition coefficient (Wildman–Crippen LogP) is 2.33.